The second-order valence-corrected chi connectivity index (χ2v) is 5.51. The fourth-order valence-electron chi connectivity index (χ4n) is 2.23. The van der Waals surface area contributed by atoms with Gasteiger partial charge in [0.05, 0.1) is 0 Å². The topological polar surface area (TPSA) is 46.1 Å². The van der Waals surface area contributed by atoms with Gasteiger partial charge in [-0.15, -0.1) is 0 Å². The van der Waals surface area contributed by atoms with Crippen LogP contribution in [0.5, 0.6) is 0 Å². The molecule has 0 fully saturated rings. The summed E-state index contributed by atoms with van der Waals surface area (Å²) >= 11 is 5.92. The van der Waals surface area contributed by atoms with Crippen LogP contribution in [0.2, 0.25) is 5.02 Å². The Hall–Kier alpha value is -2.72. The van der Waals surface area contributed by atoms with E-state index in [0.29, 0.717) is 11.6 Å². The van der Waals surface area contributed by atoms with Crippen LogP contribution >= 0.6 is 11.6 Å². The smallest absolute Gasteiger partial charge is 0.319 e. The molecule has 5 heteroatoms. The Balaban J connectivity index is 1.55. The summed E-state index contributed by atoms with van der Waals surface area (Å²) in [5.41, 5.74) is 2.74. The first-order chi connectivity index (χ1) is 11.2. The van der Waals surface area contributed by atoms with Crippen LogP contribution in [0.3, 0.4) is 0 Å². The zero-order valence-corrected chi connectivity index (χ0v) is 13.1. The second kappa shape index (κ2) is 7.03. The van der Waals surface area contributed by atoms with E-state index < -0.39 is 0 Å². The lowest BCUT2D eigenvalue weighted by atomic mass is 10.2. The molecule has 2 N–H and O–H groups in total. The molecule has 1 aromatic heterocycles. The number of hydrogen-bond acceptors (Lipinski definition) is 1. The predicted octanol–water partition coefficient (Wildman–Crippen LogP) is 4.45. The first kappa shape index (κ1) is 15.2. The van der Waals surface area contributed by atoms with Crippen molar-refractivity contribution >= 4 is 23.3 Å². The fraction of sp³-hybridized carbons (Fsp3) is 0.0556. The van der Waals surface area contributed by atoms with Gasteiger partial charge in [0.1, 0.15) is 0 Å². The molecule has 0 aliphatic carbocycles. The fourth-order valence-corrected chi connectivity index (χ4v) is 2.44. The van der Waals surface area contributed by atoms with Crippen molar-refractivity contribution in [2.24, 2.45) is 0 Å². The summed E-state index contributed by atoms with van der Waals surface area (Å²) in [4.78, 5) is 11.9. The van der Waals surface area contributed by atoms with Crippen molar-refractivity contribution in [1.82, 2.24) is 9.88 Å². The molecular formula is C18H16ClN3O. The molecule has 0 saturated carbocycles. The van der Waals surface area contributed by atoms with Crippen LogP contribution in [0.15, 0.2) is 73.1 Å². The highest BCUT2D eigenvalue weighted by molar-refractivity contribution is 6.30. The Morgan fingerprint density at radius 1 is 1.00 bits per heavy atom. The minimum atomic E-state index is -0.251. The lowest BCUT2D eigenvalue weighted by Crippen LogP contribution is -2.28. The normalized spacial score (nSPS) is 10.3. The van der Waals surface area contributed by atoms with Crippen molar-refractivity contribution in [3.05, 3.63) is 83.6 Å². The molecule has 0 spiro atoms. The van der Waals surface area contributed by atoms with Gasteiger partial charge in [-0.2, -0.15) is 0 Å². The lowest BCUT2D eigenvalue weighted by Gasteiger charge is -2.09. The van der Waals surface area contributed by atoms with E-state index in [9.17, 15) is 4.79 Å². The van der Waals surface area contributed by atoms with Crippen molar-refractivity contribution in [3.63, 3.8) is 0 Å². The van der Waals surface area contributed by atoms with Crippen molar-refractivity contribution in [2.45, 2.75) is 6.54 Å². The first-order valence-electron chi connectivity index (χ1n) is 7.23. The van der Waals surface area contributed by atoms with Crippen LogP contribution in [-0.4, -0.2) is 10.6 Å². The van der Waals surface area contributed by atoms with E-state index in [0.717, 1.165) is 16.9 Å². The molecule has 3 rings (SSSR count). The van der Waals surface area contributed by atoms with Gasteiger partial charge in [-0.05, 0) is 54.1 Å². The third kappa shape index (κ3) is 4.14. The van der Waals surface area contributed by atoms with E-state index in [2.05, 4.69) is 10.6 Å². The van der Waals surface area contributed by atoms with Crippen molar-refractivity contribution in [2.75, 3.05) is 5.32 Å². The molecule has 0 unspecified atom stereocenters. The van der Waals surface area contributed by atoms with Crippen LogP contribution in [0.25, 0.3) is 5.69 Å². The van der Waals surface area contributed by atoms with E-state index in [1.54, 1.807) is 6.07 Å². The van der Waals surface area contributed by atoms with Gasteiger partial charge < -0.3 is 15.2 Å². The average Bonchev–Trinajstić information content (AvgIpc) is 3.08. The summed E-state index contributed by atoms with van der Waals surface area (Å²) in [6.07, 6.45) is 3.94. The summed E-state index contributed by atoms with van der Waals surface area (Å²) in [6, 6.07) is 18.7. The summed E-state index contributed by atoms with van der Waals surface area (Å²) in [5, 5.41) is 6.27. The van der Waals surface area contributed by atoms with E-state index in [4.69, 9.17) is 11.6 Å². The average molecular weight is 326 g/mol. The molecule has 0 saturated heterocycles. The van der Waals surface area contributed by atoms with Gasteiger partial charge in [0, 0.05) is 35.3 Å². The lowest BCUT2D eigenvalue weighted by molar-refractivity contribution is 0.251. The summed E-state index contributed by atoms with van der Waals surface area (Å²) in [7, 11) is 0. The summed E-state index contributed by atoms with van der Waals surface area (Å²) < 4.78 is 2.00. The molecule has 4 nitrogen and oxygen atoms in total. The van der Waals surface area contributed by atoms with Gasteiger partial charge >= 0.3 is 6.03 Å². The minimum Gasteiger partial charge on any atom is -0.334 e. The molecule has 2 aromatic carbocycles. The molecule has 0 aliphatic rings. The quantitative estimate of drug-likeness (QED) is 0.731. The molecular weight excluding hydrogens is 310 g/mol. The number of hydrogen-bond donors (Lipinski definition) is 2. The third-order valence-corrected chi connectivity index (χ3v) is 3.60. The van der Waals surface area contributed by atoms with Crippen LogP contribution in [0, 0.1) is 0 Å². The monoisotopic (exact) mass is 325 g/mol. The van der Waals surface area contributed by atoms with E-state index in [-0.39, 0.29) is 6.03 Å². The van der Waals surface area contributed by atoms with Gasteiger partial charge in [-0.3, -0.25) is 0 Å². The summed E-state index contributed by atoms with van der Waals surface area (Å²) in [5.74, 6) is 0. The number of halogens is 1. The molecule has 2 amide bonds. The maximum Gasteiger partial charge on any atom is 0.319 e. The van der Waals surface area contributed by atoms with Gasteiger partial charge in [0.2, 0.25) is 0 Å². The Morgan fingerprint density at radius 3 is 2.43 bits per heavy atom. The Kier molecular flexibility index (Phi) is 4.64. The van der Waals surface area contributed by atoms with Gasteiger partial charge in [-0.1, -0.05) is 23.7 Å². The highest BCUT2D eigenvalue weighted by Gasteiger charge is 2.03. The van der Waals surface area contributed by atoms with Gasteiger partial charge in [0.15, 0.2) is 0 Å². The molecule has 0 aliphatic heterocycles. The number of nitrogens with one attached hydrogen (secondary N) is 2. The Labute approximate surface area is 139 Å². The van der Waals surface area contributed by atoms with Gasteiger partial charge in [0.25, 0.3) is 0 Å². The molecule has 0 radical (unpaired) electrons. The zero-order valence-electron chi connectivity index (χ0n) is 12.4. The van der Waals surface area contributed by atoms with Crippen molar-refractivity contribution in [3.8, 4) is 5.69 Å². The number of carbonyl (C=O) groups is 1. The number of amides is 2. The van der Waals surface area contributed by atoms with E-state index >= 15 is 0 Å². The maximum absolute atomic E-state index is 11.9. The molecule has 1 heterocycles. The minimum absolute atomic E-state index is 0.251. The van der Waals surface area contributed by atoms with Crippen LogP contribution in [0.4, 0.5) is 10.5 Å². The first-order valence-corrected chi connectivity index (χ1v) is 7.61. The highest BCUT2D eigenvalue weighted by Crippen LogP contribution is 2.14. The largest absolute Gasteiger partial charge is 0.334 e. The van der Waals surface area contributed by atoms with Crippen LogP contribution < -0.4 is 10.6 Å². The Bertz CT molecular complexity index is 782. The van der Waals surface area contributed by atoms with Crippen LogP contribution in [0.1, 0.15) is 5.56 Å². The third-order valence-electron chi connectivity index (χ3n) is 3.37. The van der Waals surface area contributed by atoms with E-state index in [1.165, 1.54) is 0 Å². The number of rotatable bonds is 4. The highest BCUT2D eigenvalue weighted by atomic mass is 35.5. The van der Waals surface area contributed by atoms with Crippen LogP contribution in [-0.2, 0) is 6.54 Å². The second-order valence-electron chi connectivity index (χ2n) is 5.07. The molecule has 0 atom stereocenters. The number of aromatic nitrogens is 1. The standard InChI is InChI=1S/C18H16ClN3O/c19-15-5-3-4-14(12-15)13-20-18(23)21-16-6-8-17(9-7-16)22-10-1-2-11-22/h1-12H,13H2,(H2,20,21,23). The Morgan fingerprint density at radius 2 is 1.74 bits per heavy atom. The predicted molar refractivity (Wildman–Crippen MR) is 93.1 cm³/mol. The SMILES string of the molecule is O=C(NCc1cccc(Cl)c1)Nc1ccc(-n2cccc2)cc1. The number of benzene rings is 2. The number of anilines is 1. The zero-order chi connectivity index (χ0) is 16.1. The van der Waals surface area contributed by atoms with Gasteiger partial charge in [-0.25, -0.2) is 4.79 Å². The number of nitrogens with zero attached hydrogens (tertiary/aromatic N) is 1. The molecule has 116 valence electrons. The molecule has 3 aromatic rings. The maximum atomic E-state index is 11.9. The molecule has 23 heavy (non-hydrogen) atoms. The number of carbonyl (C=O) groups excluding carboxylic acids is 1. The molecule has 0 bridgehead atoms. The van der Waals surface area contributed by atoms with E-state index in [1.807, 2.05) is 71.6 Å². The number of urea groups is 1. The summed E-state index contributed by atoms with van der Waals surface area (Å²) in [6.45, 7) is 0.424. The van der Waals surface area contributed by atoms with Crippen molar-refractivity contribution < 1.29 is 4.79 Å². The van der Waals surface area contributed by atoms with Crippen molar-refractivity contribution in [1.29, 1.82) is 0 Å².